The Hall–Kier alpha value is -4.55. The van der Waals surface area contributed by atoms with Crippen LogP contribution >= 0.6 is 0 Å². The number of piperidine rings is 1. The van der Waals surface area contributed by atoms with Crippen LogP contribution in [-0.4, -0.2) is 81.2 Å². The van der Waals surface area contributed by atoms with Gasteiger partial charge in [0, 0.05) is 74.1 Å². The van der Waals surface area contributed by atoms with Crippen LogP contribution in [0.2, 0.25) is 0 Å². The predicted molar refractivity (Wildman–Crippen MR) is 153 cm³/mol. The summed E-state index contributed by atoms with van der Waals surface area (Å²) in [6.45, 7) is 3.97. The smallest absolute Gasteiger partial charge is 0.250 e. The monoisotopic (exact) mass is 567 g/mol. The number of fused-ring (bicyclic) bond motifs is 3. The van der Waals surface area contributed by atoms with Gasteiger partial charge in [0.1, 0.15) is 17.5 Å². The molecule has 11 heteroatoms. The van der Waals surface area contributed by atoms with Crippen LogP contribution in [-0.2, 0) is 11.3 Å². The lowest BCUT2D eigenvalue weighted by Gasteiger charge is -2.56. The number of aromatic nitrogens is 4. The van der Waals surface area contributed by atoms with E-state index in [-0.39, 0.29) is 12.5 Å². The minimum atomic E-state index is -1.30. The number of pyridine rings is 3. The van der Waals surface area contributed by atoms with Gasteiger partial charge in [0.25, 0.3) is 0 Å². The number of hydrogen-bond donors (Lipinski definition) is 1. The van der Waals surface area contributed by atoms with Crippen molar-refractivity contribution in [1.82, 2.24) is 24.5 Å². The fourth-order valence-corrected chi connectivity index (χ4v) is 5.79. The van der Waals surface area contributed by atoms with Crippen molar-refractivity contribution < 1.29 is 19.0 Å². The average Bonchev–Trinajstić information content (AvgIpc) is 3.42. The Morgan fingerprint density at radius 3 is 2.62 bits per heavy atom. The van der Waals surface area contributed by atoms with Gasteiger partial charge in [-0.1, -0.05) is 11.8 Å². The standard InChI is InChI=1S/C31H30FN7O3/c1-31(40,19-41-2)7-6-20-8-26(29-23(11-33)14-36-39(29)16-20)22-4-5-28(34-13-22)37-17-24-10-25(18-37)38(24)15-21-9-27(32)30(42-3)35-12-21/h4-5,8-9,12-14,16,24-25,40H,10,15,17-19H2,1-3H3. The van der Waals surface area contributed by atoms with E-state index < -0.39 is 11.4 Å². The van der Waals surface area contributed by atoms with Gasteiger partial charge >= 0.3 is 0 Å². The molecule has 0 aromatic carbocycles. The van der Waals surface area contributed by atoms with E-state index in [0.717, 1.165) is 42.0 Å². The Kier molecular flexibility index (Phi) is 7.25. The fraction of sp³-hybridized carbons (Fsp3) is 0.355. The van der Waals surface area contributed by atoms with Gasteiger partial charge in [-0.2, -0.15) is 10.4 Å². The van der Waals surface area contributed by atoms with Crippen molar-refractivity contribution in [3.63, 3.8) is 0 Å². The summed E-state index contributed by atoms with van der Waals surface area (Å²) in [6.07, 6.45) is 7.84. The average molecular weight is 568 g/mol. The SMILES string of the molecule is COCC(C)(O)C#Cc1cc(-c2ccc(N3CC4CC(C3)N4Cc3cnc(OC)c(F)c3)nc2)c2c(C#N)cnn2c1. The Labute approximate surface area is 242 Å². The minimum absolute atomic E-state index is 0.0101. The largest absolute Gasteiger partial charge is 0.479 e. The van der Waals surface area contributed by atoms with E-state index in [1.807, 2.05) is 18.2 Å². The number of halogens is 1. The molecule has 2 bridgehead atoms. The van der Waals surface area contributed by atoms with Crippen molar-refractivity contribution in [2.75, 3.05) is 38.8 Å². The summed E-state index contributed by atoms with van der Waals surface area (Å²) in [4.78, 5) is 13.5. The second-order valence-electron chi connectivity index (χ2n) is 10.9. The second-order valence-corrected chi connectivity index (χ2v) is 10.9. The molecule has 0 radical (unpaired) electrons. The molecule has 1 N–H and O–H groups in total. The second kappa shape index (κ2) is 11.0. The number of anilines is 1. The van der Waals surface area contributed by atoms with Gasteiger partial charge in [0.15, 0.2) is 5.82 Å². The Morgan fingerprint density at radius 1 is 1.14 bits per heavy atom. The van der Waals surface area contributed by atoms with Crippen LogP contribution < -0.4 is 9.64 Å². The highest BCUT2D eigenvalue weighted by atomic mass is 19.1. The molecule has 3 aliphatic rings. The van der Waals surface area contributed by atoms with Gasteiger partial charge in [0.05, 0.1) is 31.0 Å². The third-order valence-corrected chi connectivity index (χ3v) is 7.78. The van der Waals surface area contributed by atoms with Crippen LogP contribution in [0.1, 0.15) is 30.0 Å². The van der Waals surface area contributed by atoms with Crippen LogP contribution in [0.3, 0.4) is 0 Å². The van der Waals surface area contributed by atoms with Crippen molar-refractivity contribution in [3.05, 3.63) is 71.6 Å². The third kappa shape index (κ3) is 5.26. The number of nitrogens with zero attached hydrogens (tertiary/aromatic N) is 7. The zero-order valence-corrected chi connectivity index (χ0v) is 23.6. The summed E-state index contributed by atoms with van der Waals surface area (Å²) in [7, 11) is 2.92. The first kappa shape index (κ1) is 27.6. The highest BCUT2D eigenvalue weighted by molar-refractivity contribution is 5.85. The molecule has 4 aromatic rings. The topological polar surface area (TPSA) is 112 Å². The van der Waals surface area contributed by atoms with E-state index in [4.69, 9.17) is 14.5 Å². The summed E-state index contributed by atoms with van der Waals surface area (Å²) in [5.41, 5.74) is 2.87. The summed E-state index contributed by atoms with van der Waals surface area (Å²) in [5.74, 6) is 6.30. The highest BCUT2D eigenvalue weighted by Gasteiger charge is 2.44. The first-order valence-corrected chi connectivity index (χ1v) is 13.6. The third-order valence-electron chi connectivity index (χ3n) is 7.78. The molecule has 7 rings (SSSR count). The van der Waals surface area contributed by atoms with Crippen LogP contribution in [0.25, 0.3) is 16.6 Å². The van der Waals surface area contributed by atoms with Gasteiger partial charge in [-0.25, -0.2) is 18.9 Å². The summed E-state index contributed by atoms with van der Waals surface area (Å²) in [5, 5.41) is 24.5. The Bertz CT molecular complexity index is 1720. The summed E-state index contributed by atoms with van der Waals surface area (Å²) in [6, 6.07) is 10.3. The number of rotatable bonds is 7. The predicted octanol–water partition coefficient (Wildman–Crippen LogP) is 3.02. The summed E-state index contributed by atoms with van der Waals surface area (Å²) >= 11 is 0. The Morgan fingerprint density at radius 2 is 1.95 bits per heavy atom. The number of aliphatic hydroxyl groups is 1. The van der Waals surface area contributed by atoms with Crippen LogP contribution in [0, 0.1) is 29.0 Å². The van der Waals surface area contributed by atoms with Crippen molar-refractivity contribution in [1.29, 1.82) is 5.26 Å². The van der Waals surface area contributed by atoms with Crippen molar-refractivity contribution in [2.45, 2.75) is 37.6 Å². The summed E-state index contributed by atoms with van der Waals surface area (Å²) < 4.78 is 25.8. The van der Waals surface area contributed by atoms with E-state index in [2.05, 4.69) is 37.8 Å². The van der Waals surface area contributed by atoms with Gasteiger partial charge in [-0.3, -0.25) is 4.90 Å². The zero-order valence-electron chi connectivity index (χ0n) is 23.6. The van der Waals surface area contributed by atoms with E-state index in [1.165, 1.54) is 26.5 Å². The van der Waals surface area contributed by atoms with Gasteiger partial charge in [0.2, 0.25) is 5.88 Å². The molecule has 0 saturated carbocycles. The first-order valence-electron chi connectivity index (χ1n) is 13.6. The molecule has 4 aromatic heterocycles. The molecular weight excluding hydrogens is 537 g/mol. The van der Waals surface area contributed by atoms with E-state index in [1.54, 1.807) is 30.0 Å². The molecule has 10 nitrogen and oxygen atoms in total. The molecular formula is C31H30FN7O3. The number of ether oxygens (including phenoxy) is 2. The maximum absolute atomic E-state index is 14.1. The molecule has 0 spiro atoms. The lowest BCUT2D eigenvalue weighted by Crippen LogP contribution is -2.68. The number of nitriles is 1. The first-order chi connectivity index (χ1) is 20.3. The normalized spacial score (nSPS) is 19.4. The van der Waals surface area contributed by atoms with Crippen molar-refractivity contribution >= 4 is 11.3 Å². The zero-order chi connectivity index (χ0) is 29.4. The minimum Gasteiger partial charge on any atom is -0.479 e. The molecule has 3 saturated heterocycles. The highest BCUT2D eigenvalue weighted by Crippen LogP contribution is 2.36. The van der Waals surface area contributed by atoms with Crippen molar-refractivity contribution in [2.24, 2.45) is 0 Å². The van der Waals surface area contributed by atoms with Gasteiger partial charge in [-0.05, 0) is 43.2 Å². The maximum atomic E-state index is 14.1. The van der Waals surface area contributed by atoms with Gasteiger partial charge in [-0.15, -0.1) is 0 Å². The van der Waals surface area contributed by atoms with E-state index in [9.17, 15) is 14.8 Å². The molecule has 3 atom stereocenters. The molecule has 3 aliphatic heterocycles. The molecule has 0 amide bonds. The van der Waals surface area contributed by atoms with Crippen LogP contribution in [0.5, 0.6) is 5.88 Å². The van der Waals surface area contributed by atoms with Crippen molar-refractivity contribution in [3.8, 4) is 34.9 Å². The van der Waals surface area contributed by atoms with Crippen LogP contribution in [0.4, 0.5) is 10.2 Å². The molecule has 7 heterocycles. The molecule has 214 valence electrons. The fourth-order valence-electron chi connectivity index (χ4n) is 5.79. The van der Waals surface area contributed by atoms with E-state index >= 15 is 0 Å². The van der Waals surface area contributed by atoms with Crippen LogP contribution in [0.15, 0.2) is 49.1 Å². The molecule has 3 unspecified atom stereocenters. The molecule has 0 aliphatic carbocycles. The maximum Gasteiger partial charge on any atom is 0.250 e. The lowest BCUT2D eigenvalue weighted by atomic mass is 9.87. The lowest BCUT2D eigenvalue weighted by molar-refractivity contribution is -0.00884. The van der Waals surface area contributed by atoms with E-state index in [0.29, 0.717) is 35.3 Å². The van der Waals surface area contributed by atoms with Gasteiger partial charge < -0.3 is 19.5 Å². The number of methoxy groups -OCH3 is 2. The quantitative estimate of drug-likeness (QED) is 0.337. The number of hydrogen-bond acceptors (Lipinski definition) is 9. The Balaban J connectivity index is 1.21. The molecule has 42 heavy (non-hydrogen) atoms. The molecule has 3 fully saturated rings. The number of piperazine rings is 1.